The van der Waals surface area contributed by atoms with Crippen LogP contribution in [-0.2, 0) is 31.4 Å². The number of pyridine rings is 1. The Morgan fingerprint density at radius 1 is 1.17 bits per heavy atom. The Bertz CT molecular complexity index is 1110. The summed E-state index contributed by atoms with van der Waals surface area (Å²) in [7, 11) is 3.22. The van der Waals surface area contributed by atoms with E-state index in [0.717, 1.165) is 23.3 Å². The highest BCUT2D eigenvalue weighted by atomic mass is 19.2. The minimum atomic E-state index is -1.50. The fourth-order valence-electron chi connectivity index (χ4n) is 3.78. The maximum atomic E-state index is 13.7. The van der Waals surface area contributed by atoms with Gasteiger partial charge in [0.05, 0.1) is 30.1 Å². The topological polar surface area (TPSA) is 60.2 Å². The zero-order valence-electron chi connectivity index (χ0n) is 16.5. The van der Waals surface area contributed by atoms with Gasteiger partial charge in [-0.05, 0) is 30.2 Å². The average molecular weight is 416 g/mol. The zero-order chi connectivity index (χ0) is 21.4. The molecule has 0 saturated heterocycles. The van der Waals surface area contributed by atoms with E-state index in [4.69, 9.17) is 4.74 Å². The number of hydrogen-bond acceptors (Lipinski definition) is 4. The molecule has 4 rings (SSSR count). The first-order valence-corrected chi connectivity index (χ1v) is 9.30. The molecule has 0 saturated carbocycles. The van der Waals surface area contributed by atoms with Crippen molar-refractivity contribution in [2.75, 3.05) is 13.7 Å². The van der Waals surface area contributed by atoms with Crippen LogP contribution in [0.1, 0.15) is 27.2 Å². The molecule has 1 amide bonds. The van der Waals surface area contributed by atoms with E-state index in [0.29, 0.717) is 36.5 Å². The summed E-state index contributed by atoms with van der Waals surface area (Å²) in [5.41, 5.74) is 3.39. The fourth-order valence-corrected chi connectivity index (χ4v) is 3.78. The van der Waals surface area contributed by atoms with Crippen LogP contribution in [0.3, 0.4) is 0 Å². The number of aromatic nitrogens is 3. The van der Waals surface area contributed by atoms with Gasteiger partial charge >= 0.3 is 0 Å². The first-order chi connectivity index (χ1) is 14.4. The molecular formula is C21H19F3N4O2. The number of benzene rings is 1. The Labute approximate surface area is 170 Å². The summed E-state index contributed by atoms with van der Waals surface area (Å²) >= 11 is 0. The van der Waals surface area contributed by atoms with Crippen LogP contribution in [0.15, 0.2) is 30.6 Å². The predicted molar refractivity (Wildman–Crippen MR) is 102 cm³/mol. The van der Waals surface area contributed by atoms with Crippen molar-refractivity contribution in [3.8, 4) is 11.3 Å². The number of fused-ring (bicyclic) bond motifs is 1. The van der Waals surface area contributed by atoms with Gasteiger partial charge in [-0.25, -0.2) is 13.2 Å². The van der Waals surface area contributed by atoms with E-state index in [2.05, 4.69) is 10.1 Å². The van der Waals surface area contributed by atoms with E-state index in [-0.39, 0.29) is 18.0 Å². The van der Waals surface area contributed by atoms with Crippen LogP contribution in [0.4, 0.5) is 13.2 Å². The number of ether oxygens (including phenoxy) is 1. The van der Waals surface area contributed by atoms with E-state index in [1.165, 1.54) is 10.9 Å². The number of aryl methyl sites for hydroxylation is 1. The first kappa shape index (κ1) is 20.1. The number of carbonyl (C=O) groups excluding carboxylic acids is 1. The smallest absolute Gasteiger partial charge is 0.255 e. The zero-order valence-corrected chi connectivity index (χ0v) is 16.5. The Hall–Kier alpha value is -3.20. The van der Waals surface area contributed by atoms with Gasteiger partial charge in [-0.1, -0.05) is 0 Å². The van der Waals surface area contributed by atoms with E-state index < -0.39 is 17.5 Å². The molecule has 3 aromatic rings. The normalized spacial score (nSPS) is 13.4. The molecule has 156 valence electrons. The third-order valence-electron chi connectivity index (χ3n) is 5.10. The van der Waals surface area contributed by atoms with E-state index in [1.54, 1.807) is 31.3 Å². The van der Waals surface area contributed by atoms with Crippen LogP contribution >= 0.6 is 0 Å². The Morgan fingerprint density at radius 3 is 2.60 bits per heavy atom. The van der Waals surface area contributed by atoms with Crippen molar-refractivity contribution >= 4 is 5.91 Å². The maximum absolute atomic E-state index is 13.7. The summed E-state index contributed by atoms with van der Waals surface area (Å²) in [6.07, 6.45) is 3.60. The molecule has 0 radical (unpaired) electrons. The summed E-state index contributed by atoms with van der Waals surface area (Å²) < 4.78 is 47.4. The Kier molecular flexibility index (Phi) is 5.29. The molecule has 0 atom stereocenters. The minimum Gasteiger partial charge on any atom is -0.380 e. The lowest BCUT2D eigenvalue weighted by molar-refractivity contribution is 0.0731. The van der Waals surface area contributed by atoms with Gasteiger partial charge < -0.3 is 9.64 Å². The molecule has 9 heteroatoms. The summed E-state index contributed by atoms with van der Waals surface area (Å²) in [5, 5.41) is 4.43. The van der Waals surface area contributed by atoms with Crippen LogP contribution in [0, 0.1) is 17.5 Å². The van der Waals surface area contributed by atoms with Crippen LogP contribution in [0.2, 0.25) is 0 Å². The lowest BCUT2D eigenvalue weighted by atomic mass is 9.99. The molecule has 3 heterocycles. The lowest BCUT2D eigenvalue weighted by Crippen LogP contribution is -2.36. The maximum Gasteiger partial charge on any atom is 0.255 e. The van der Waals surface area contributed by atoms with Crippen LogP contribution in [0.5, 0.6) is 0 Å². The van der Waals surface area contributed by atoms with Gasteiger partial charge in [0.2, 0.25) is 0 Å². The van der Waals surface area contributed by atoms with E-state index >= 15 is 0 Å². The second kappa shape index (κ2) is 7.91. The quantitative estimate of drug-likeness (QED) is 0.613. The third kappa shape index (κ3) is 3.56. The van der Waals surface area contributed by atoms with Gasteiger partial charge in [0, 0.05) is 44.2 Å². The standard InChI is InChI=1S/C21H19F3N4O2/c1-27-20(13-6-16(22)19(24)17(23)7-13)15-3-4-28(10-18(15)26-27)21(29)14-5-12(11-30-2)8-25-9-14/h5-9H,3-4,10-11H2,1-2H3. The highest BCUT2D eigenvalue weighted by Crippen LogP contribution is 2.32. The van der Waals surface area contributed by atoms with Gasteiger partial charge in [0.15, 0.2) is 17.5 Å². The molecular weight excluding hydrogens is 397 g/mol. The van der Waals surface area contributed by atoms with Crippen molar-refractivity contribution in [2.45, 2.75) is 19.6 Å². The largest absolute Gasteiger partial charge is 0.380 e. The highest BCUT2D eigenvalue weighted by Gasteiger charge is 2.28. The monoisotopic (exact) mass is 416 g/mol. The second-order valence-electron chi connectivity index (χ2n) is 7.14. The number of carbonyl (C=O) groups is 1. The SMILES string of the molecule is COCc1cncc(C(=O)N2CCc3c(nn(C)c3-c3cc(F)c(F)c(F)c3)C2)c1. The van der Waals surface area contributed by atoms with E-state index in [9.17, 15) is 18.0 Å². The number of nitrogens with zero attached hydrogens (tertiary/aromatic N) is 4. The summed E-state index contributed by atoms with van der Waals surface area (Å²) in [6.45, 7) is 1.01. The number of amides is 1. The molecule has 0 fully saturated rings. The predicted octanol–water partition coefficient (Wildman–Crippen LogP) is 3.24. The molecule has 2 aromatic heterocycles. The van der Waals surface area contributed by atoms with Crippen molar-refractivity contribution in [3.05, 3.63) is 70.4 Å². The van der Waals surface area contributed by atoms with Crippen LogP contribution < -0.4 is 0 Å². The molecule has 0 aliphatic carbocycles. The van der Waals surface area contributed by atoms with Crippen LogP contribution in [-0.4, -0.2) is 39.2 Å². The number of hydrogen-bond donors (Lipinski definition) is 0. The molecule has 0 N–H and O–H groups in total. The van der Waals surface area contributed by atoms with Crippen molar-refractivity contribution in [2.24, 2.45) is 7.05 Å². The van der Waals surface area contributed by atoms with Crippen molar-refractivity contribution in [1.29, 1.82) is 0 Å². The van der Waals surface area contributed by atoms with Gasteiger partial charge in [-0.3, -0.25) is 14.5 Å². The second-order valence-corrected chi connectivity index (χ2v) is 7.14. The molecule has 6 nitrogen and oxygen atoms in total. The van der Waals surface area contributed by atoms with Crippen molar-refractivity contribution in [3.63, 3.8) is 0 Å². The molecule has 0 bridgehead atoms. The molecule has 1 aliphatic rings. The minimum absolute atomic E-state index is 0.183. The Morgan fingerprint density at radius 2 is 1.90 bits per heavy atom. The van der Waals surface area contributed by atoms with Gasteiger partial charge in [-0.2, -0.15) is 5.10 Å². The number of halogens is 3. The summed E-state index contributed by atoms with van der Waals surface area (Å²) in [6, 6.07) is 3.66. The number of methoxy groups -OCH3 is 1. The van der Waals surface area contributed by atoms with Gasteiger partial charge in [0.25, 0.3) is 5.91 Å². The third-order valence-corrected chi connectivity index (χ3v) is 5.10. The lowest BCUT2D eigenvalue weighted by Gasteiger charge is -2.26. The van der Waals surface area contributed by atoms with Gasteiger partial charge in [0.1, 0.15) is 0 Å². The Balaban J connectivity index is 1.62. The molecule has 30 heavy (non-hydrogen) atoms. The molecule has 1 aliphatic heterocycles. The molecule has 1 aromatic carbocycles. The van der Waals surface area contributed by atoms with Gasteiger partial charge in [-0.15, -0.1) is 0 Å². The number of rotatable bonds is 4. The van der Waals surface area contributed by atoms with Crippen LogP contribution in [0.25, 0.3) is 11.3 Å². The first-order valence-electron chi connectivity index (χ1n) is 9.30. The summed E-state index contributed by atoms with van der Waals surface area (Å²) in [4.78, 5) is 18.7. The van der Waals surface area contributed by atoms with Crippen molar-refractivity contribution < 1.29 is 22.7 Å². The molecule has 0 spiro atoms. The van der Waals surface area contributed by atoms with Crippen molar-refractivity contribution in [1.82, 2.24) is 19.7 Å². The molecule has 0 unspecified atom stereocenters. The highest BCUT2D eigenvalue weighted by molar-refractivity contribution is 5.94. The average Bonchev–Trinajstić information content (AvgIpc) is 3.06. The van der Waals surface area contributed by atoms with E-state index in [1.807, 2.05) is 0 Å². The summed E-state index contributed by atoms with van der Waals surface area (Å²) in [5.74, 6) is -4.19. The fraction of sp³-hybridized carbons (Fsp3) is 0.286.